The minimum Gasteiger partial charge on any atom is -0.370 e. The van der Waals surface area contributed by atoms with Gasteiger partial charge < -0.3 is 10.5 Å². The zero-order chi connectivity index (χ0) is 12.1. The summed E-state index contributed by atoms with van der Waals surface area (Å²) in [6, 6.07) is 7.17. The van der Waals surface area contributed by atoms with E-state index >= 15 is 0 Å². The number of primary amides is 1. The van der Waals surface area contributed by atoms with Crippen molar-refractivity contribution in [3.63, 3.8) is 0 Å². The van der Waals surface area contributed by atoms with E-state index in [0.717, 1.165) is 11.3 Å². The van der Waals surface area contributed by atoms with Crippen LogP contribution in [0, 0.1) is 0 Å². The third-order valence-electron chi connectivity index (χ3n) is 2.27. The van der Waals surface area contributed by atoms with Crippen LogP contribution >= 0.6 is 11.3 Å². The summed E-state index contributed by atoms with van der Waals surface area (Å²) in [5.41, 5.74) is 9.24. The number of benzene rings is 1. The van der Waals surface area contributed by atoms with Gasteiger partial charge in [0.25, 0.3) is 0 Å². The number of ether oxygens (including phenoxy) is 1. The first-order chi connectivity index (χ1) is 8.27. The molecule has 0 bridgehead atoms. The van der Waals surface area contributed by atoms with Crippen molar-refractivity contribution in [2.75, 3.05) is 0 Å². The normalized spacial score (nSPS) is 10.4. The van der Waals surface area contributed by atoms with Crippen LogP contribution in [-0.4, -0.2) is 10.9 Å². The molecular formula is C12H12N2O2S. The number of carbonyl (C=O) groups is 1. The number of amides is 1. The molecule has 1 aromatic carbocycles. The van der Waals surface area contributed by atoms with Crippen molar-refractivity contribution in [1.29, 1.82) is 0 Å². The lowest BCUT2D eigenvalue weighted by Crippen LogP contribution is -2.14. The molecule has 0 aliphatic rings. The van der Waals surface area contributed by atoms with Crippen molar-refractivity contribution in [3.8, 4) is 0 Å². The largest absolute Gasteiger partial charge is 0.370 e. The summed E-state index contributed by atoms with van der Waals surface area (Å²) < 4.78 is 5.49. The number of carbonyl (C=O) groups excluding carboxylic acids is 1. The highest BCUT2D eigenvalue weighted by Crippen LogP contribution is 2.11. The van der Waals surface area contributed by atoms with Gasteiger partial charge in [-0.05, 0) is 11.6 Å². The summed E-state index contributed by atoms with van der Waals surface area (Å²) >= 11 is 1.53. The highest BCUT2D eigenvalue weighted by atomic mass is 32.1. The number of hydrogen-bond acceptors (Lipinski definition) is 4. The fourth-order valence-corrected chi connectivity index (χ4v) is 2.00. The van der Waals surface area contributed by atoms with Crippen LogP contribution in [0.15, 0.2) is 35.2 Å². The van der Waals surface area contributed by atoms with Gasteiger partial charge in [-0.1, -0.05) is 18.2 Å². The van der Waals surface area contributed by atoms with E-state index in [9.17, 15) is 4.79 Å². The van der Waals surface area contributed by atoms with Crippen molar-refractivity contribution < 1.29 is 9.53 Å². The molecule has 1 aromatic heterocycles. The van der Waals surface area contributed by atoms with Gasteiger partial charge in [0.15, 0.2) is 0 Å². The van der Waals surface area contributed by atoms with Crippen LogP contribution in [0.2, 0.25) is 0 Å². The number of nitrogens with two attached hydrogens (primary N) is 1. The van der Waals surface area contributed by atoms with Gasteiger partial charge in [-0.15, -0.1) is 11.3 Å². The first-order valence-corrected chi connectivity index (χ1v) is 6.04. The van der Waals surface area contributed by atoms with Gasteiger partial charge in [-0.3, -0.25) is 4.79 Å². The Morgan fingerprint density at radius 2 is 2.18 bits per heavy atom. The van der Waals surface area contributed by atoms with Crippen molar-refractivity contribution in [1.82, 2.24) is 4.98 Å². The molecule has 0 radical (unpaired) electrons. The summed E-state index contributed by atoms with van der Waals surface area (Å²) in [6.07, 6.45) is 0. The van der Waals surface area contributed by atoms with Crippen LogP contribution in [0.4, 0.5) is 0 Å². The summed E-state index contributed by atoms with van der Waals surface area (Å²) in [6.45, 7) is 0.799. The van der Waals surface area contributed by atoms with Crippen molar-refractivity contribution >= 4 is 17.2 Å². The summed E-state index contributed by atoms with van der Waals surface area (Å²) in [7, 11) is 0. The van der Waals surface area contributed by atoms with Gasteiger partial charge in [0, 0.05) is 10.9 Å². The molecule has 88 valence electrons. The number of nitrogens with zero attached hydrogens (tertiary/aromatic N) is 1. The van der Waals surface area contributed by atoms with Gasteiger partial charge in [-0.2, -0.15) is 0 Å². The minimum atomic E-state index is -0.433. The molecule has 2 N–H and O–H groups in total. The zero-order valence-corrected chi connectivity index (χ0v) is 9.94. The zero-order valence-electron chi connectivity index (χ0n) is 9.13. The van der Waals surface area contributed by atoms with E-state index in [2.05, 4.69) is 4.98 Å². The fourth-order valence-electron chi connectivity index (χ4n) is 1.46. The highest BCUT2D eigenvalue weighted by Gasteiger charge is 2.07. The smallest absolute Gasteiger partial charge is 0.249 e. The maximum atomic E-state index is 11.2. The predicted molar refractivity (Wildman–Crippen MR) is 65.6 cm³/mol. The van der Waals surface area contributed by atoms with E-state index in [4.69, 9.17) is 10.5 Å². The molecular weight excluding hydrogens is 236 g/mol. The van der Waals surface area contributed by atoms with Crippen molar-refractivity contribution in [3.05, 3.63) is 52.0 Å². The monoisotopic (exact) mass is 248 g/mol. The Hall–Kier alpha value is -1.72. The average molecular weight is 248 g/mol. The first-order valence-electron chi connectivity index (χ1n) is 5.10. The van der Waals surface area contributed by atoms with Crippen LogP contribution in [0.25, 0.3) is 0 Å². The molecule has 0 atom stereocenters. The predicted octanol–water partition coefficient (Wildman–Crippen LogP) is 1.96. The van der Waals surface area contributed by atoms with Gasteiger partial charge >= 0.3 is 0 Å². The van der Waals surface area contributed by atoms with E-state index in [1.165, 1.54) is 11.3 Å². The molecule has 1 heterocycles. The molecule has 0 aliphatic carbocycles. The lowest BCUT2D eigenvalue weighted by atomic mass is 10.1. The third-order valence-corrected chi connectivity index (χ3v) is 2.91. The number of aromatic nitrogens is 1. The fraction of sp³-hybridized carbons (Fsp3) is 0.167. The Morgan fingerprint density at radius 1 is 1.35 bits per heavy atom. The van der Waals surface area contributed by atoms with Crippen molar-refractivity contribution in [2.45, 2.75) is 13.2 Å². The molecule has 2 rings (SSSR count). The van der Waals surface area contributed by atoms with Crippen LogP contribution < -0.4 is 5.73 Å². The molecule has 0 fully saturated rings. The lowest BCUT2D eigenvalue weighted by Gasteiger charge is -2.06. The molecule has 0 saturated heterocycles. The quantitative estimate of drug-likeness (QED) is 0.879. The number of hydrogen-bond donors (Lipinski definition) is 1. The Morgan fingerprint density at radius 3 is 2.88 bits per heavy atom. The average Bonchev–Trinajstić information content (AvgIpc) is 2.82. The maximum absolute atomic E-state index is 11.2. The minimum absolute atomic E-state index is 0.358. The molecule has 5 heteroatoms. The molecule has 4 nitrogen and oxygen atoms in total. The summed E-state index contributed by atoms with van der Waals surface area (Å²) in [5.74, 6) is -0.433. The molecule has 17 heavy (non-hydrogen) atoms. The summed E-state index contributed by atoms with van der Waals surface area (Å²) in [4.78, 5) is 15.3. The number of rotatable bonds is 5. The Bertz CT molecular complexity index is 497. The van der Waals surface area contributed by atoms with Gasteiger partial charge in [-0.25, -0.2) is 4.98 Å². The topological polar surface area (TPSA) is 65.2 Å². The van der Waals surface area contributed by atoms with E-state index in [0.29, 0.717) is 18.8 Å². The Kier molecular flexibility index (Phi) is 3.85. The molecule has 0 spiro atoms. The second-order valence-electron chi connectivity index (χ2n) is 3.49. The molecule has 0 unspecified atom stereocenters. The Balaban J connectivity index is 1.97. The highest BCUT2D eigenvalue weighted by molar-refractivity contribution is 7.07. The standard InChI is InChI=1S/C12H12N2O2S/c13-12(15)11-4-2-1-3-9(11)5-16-6-10-7-17-8-14-10/h1-4,7-8H,5-6H2,(H2,13,15). The van der Waals surface area contributed by atoms with Crippen molar-refractivity contribution in [2.24, 2.45) is 5.73 Å². The lowest BCUT2D eigenvalue weighted by molar-refractivity contribution is 0.0961. The van der Waals surface area contributed by atoms with Crippen LogP contribution in [-0.2, 0) is 18.0 Å². The second kappa shape index (κ2) is 5.56. The maximum Gasteiger partial charge on any atom is 0.249 e. The van der Waals surface area contributed by atoms with E-state index in [1.54, 1.807) is 17.6 Å². The van der Waals surface area contributed by atoms with Crippen LogP contribution in [0.1, 0.15) is 21.6 Å². The molecule has 2 aromatic rings. The van der Waals surface area contributed by atoms with Gasteiger partial charge in [0.05, 0.1) is 24.4 Å². The molecule has 0 aliphatic heterocycles. The van der Waals surface area contributed by atoms with Gasteiger partial charge in [0.1, 0.15) is 0 Å². The number of thiazole rings is 1. The molecule has 1 amide bonds. The summed E-state index contributed by atoms with van der Waals surface area (Å²) in [5, 5.41) is 1.93. The van der Waals surface area contributed by atoms with Crippen LogP contribution in [0.5, 0.6) is 0 Å². The Labute approximate surface area is 103 Å². The van der Waals surface area contributed by atoms with E-state index in [1.807, 2.05) is 17.5 Å². The van der Waals surface area contributed by atoms with E-state index < -0.39 is 5.91 Å². The van der Waals surface area contributed by atoms with Gasteiger partial charge in [0.2, 0.25) is 5.91 Å². The van der Waals surface area contributed by atoms with Crippen LogP contribution in [0.3, 0.4) is 0 Å². The first kappa shape index (κ1) is 11.8. The molecule has 0 saturated carbocycles. The SMILES string of the molecule is NC(=O)c1ccccc1COCc1cscn1. The second-order valence-corrected chi connectivity index (χ2v) is 4.21. The third kappa shape index (κ3) is 3.12. The van der Waals surface area contributed by atoms with E-state index in [-0.39, 0.29) is 0 Å².